The number of ether oxygens (including phenoxy) is 2. The van der Waals surface area contributed by atoms with Crippen molar-refractivity contribution in [3.8, 4) is 0 Å². The van der Waals surface area contributed by atoms with Gasteiger partial charge in [-0.15, -0.1) is 4.41 Å². The number of benzene rings is 3. The molecule has 3 aromatic carbocycles. The van der Waals surface area contributed by atoms with Crippen LogP contribution in [-0.2, 0) is 29.1 Å². The lowest BCUT2D eigenvalue weighted by Gasteiger charge is -2.54. The van der Waals surface area contributed by atoms with Crippen molar-refractivity contribution in [2.24, 2.45) is 5.41 Å². The molecular formula is C29H27ClN2O6S. The number of hydrazine groups is 1. The van der Waals surface area contributed by atoms with Crippen LogP contribution in [0, 0.1) is 12.3 Å². The lowest BCUT2D eigenvalue weighted by Crippen LogP contribution is -2.63. The fourth-order valence-electron chi connectivity index (χ4n) is 5.41. The maximum absolute atomic E-state index is 14.2. The van der Waals surface area contributed by atoms with Gasteiger partial charge in [-0.2, -0.15) is 0 Å². The van der Waals surface area contributed by atoms with Crippen molar-refractivity contribution < 1.29 is 27.5 Å². The number of carbonyl (C=O) groups is 2. The van der Waals surface area contributed by atoms with Crippen LogP contribution >= 0.6 is 11.6 Å². The van der Waals surface area contributed by atoms with Crippen molar-refractivity contribution in [1.29, 1.82) is 0 Å². The number of hydrogen-bond acceptors (Lipinski definition) is 7. The molecule has 202 valence electrons. The first-order valence-corrected chi connectivity index (χ1v) is 14.1. The number of esters is 2. The van der Waals surface area contributed by atoms with Gasteiger partial charge >= 0.3 is 11.9 Å². The van der Waals surface area contributed by atoms with Gasteiger partial charge in [0.2, 0.25) is 0 Å². The molecule has 0 aromatic heterocycles. The van der Waals surface area contributed by atoms with Crippen LogP contribution in [0.2, 0.25) is 5.02 Å². The maximum atomic E-state index is 14.2. The number of methoxy groups -OCH3 is 2. The molecule has 2 heterocycles. The zero-order valence-electron chi connectivity index (χ0n) is 21.6. The molecule has 2 aliphatic rings. The minimum absolute atomic E-state index is 0.0831. The Bertz CT molecular complexity index is 1560. The summed E-state index contributed by atoms with van der Waals surface area (Å²) in [6.45, 7) is 1.69. The summed E-state index contributed by atoms with van der Waals surface area (Å²) >= 11 is 6.41. The minimum Gasteiger partial charge on any atom is -0.468 e. The predicted octanol–water partition coefficient (Wildman–Crippen LogP) is 4.85. The molecule has 0 radical (unpaired) electrons. The fourth-order valence-corrected chi connectivity index (χ4v) is 7.05. The molecule has 1 atom stereocenters. The van der Waals surface area contributed by atoms with Crippen molar-refractivity contribution in [2.75, 3.05) is 20.8 Å². The van der Waals surface area contributed by atoms with E-state index in [1.807, 2.05) is 43.3 Å². The van der Waals surface area contributed by atoms with E-state index in [-0.39, 0.29) is 17.9 Å². The fraction of sp³-hybridized carbons (Fsp3) is 0.241. The van der Waals surface area contributed by atoms with Gasteiger partial charge in [0.05, 0.1) is 30.9 Å². The van der Waals surface area contributed by atoms with Gasteiger partial charge in [0, 0.05) is 11.6 Å². The second-order valence-electron chi connectivity index (χ2n) is 9.48. The Balaban J connectivity index is 1.84. The van der Waals surface area contributed by atoms with Crippen LogP contribution in [0.15, 0.2) is 77.7 Å². The topological polar surface area (TPSA) is 93.2 Å². The van der Waals surface area contributed by atoms with E-state index in [2.05, 4.69) is 0 Å². The molecule has 0 amide bonds. The van der Waals surface area contributed by atoms with E-state index in [0.717, 1.165) is 5.56 Å². The van der Waals surface area contributed by atoms with E-state index in [0.29, 0.717) is 27.4 Å². The summed E-state index contributed by atoms with van der Waals surface area (Å²) in [5.41, 5.74) is 1.40. The summed E-state index contributed by atoms with van der Waals surface area (Å²) in [6, 6.07) is 19.7. The molecule has 0 N–H and O–H groups in total. The highest BCUT2D eigenvalue weighted by Gasteiger charge is 2.63. The quantitative estimate of drug-likeness (QED) is 0.322. The lowest BCUT2D eigenvalue weighted by molar-refractivity contribution is -0.184. The van der Waals surface area contributed by atoms with Crippen LogP contribution in [0.5, 0.6) is 0 Å². The van der Waals surface area contributed by atoms with Crippen LogP contribution in [0.1, 0.15) is 34.7 Å². The highest BCUT2D eigenvalue weighted by molar-refractivity contribution is 7.89. The van der Waals surface area contributed by atoms with Crippen molar-refractivity contribution in [3.63, 3.8) is 0 Å². The van der Waals surface area contributed by atoms with Crippen LogP contribution in [0.4, 0.5) is 0 Å². The lowest BCUT2D eigenvalue weighted by atomic mass is 9.70. The van der Waals surface area contributed by atoms with Gasteiger partial charge in [-0.05, 0) is 60.4 Å². The number of nitrogens with zero attached hydrogens (tertiary/aromatic N) is 2. The second-order valence-corrected chi connectivity index (χ2v) is 11.8. The molecule has 1 saturated heterocycles. The average molecular weight is 567 g/mol. The number of carbonyl (C=O) groups excluding carboxylic acids is 2. The Kier molecular flexibility index (Phi) is 7.00. The van der Waals surface area contributed by atoms with Crippen LogP contribution in [0.25, 0.3) is 11.8 Å². The summed E-state index contributed by atoms with van der Waals surface area (Å²) in [6.07, 6.45) is 1.66. The van der Waals surface area contributed by atoms with Gasteiger partial charge in [0.15, 0.2) is 5.41 Å². The SMILES string of the molecule is COC(=O)C1(C(=O)OC)CCN(S(=O)(=O)c2ccc(C)cc2)N2C(c3ccccc3)=Cc3ccc(Cl)cc3C21. The van der Waals surface area contributed by atoms with Crippen molar-refractivity contribution >= 4 is 45.3 Å². The van der Waals surface area contributed by atoms with Gasteiger partial charge in [0.25, 0.3) is 10.0 Å². The summed E-state index contributed by atoms with van der Waals surface area (Å²) < 4.78 is 40.0. The van der Waals surface area contributed by atoms with E-state index in [1.165, 1.54) is 23.6 Å². The number of halogens is 1. The van der Waals surface area contributed by atoms with Crippen LogP contribution in [-0.4, -0.2) is 50.5 Å². The summed E-state index contributed by atoms with van der Waals surface area (Å²) in [4.78, 5) is 27.2. The average Bonchev–Trinajstić information content (AvgIpc) is 2.95. The van der Waals surface area contributed by atoms with E-state index in [4.69, 9.17) is 21.1 Å². The van der Waals surface area contributed by atoms with Crippen molar-refractivity contribution in [1.82, 2.24) is 9.42 Å². The third kappa shape index (κ3) is 4.30. The zero-order valence-corrected chi connectivity index (χ0v) is 23.2. The molecule has 5 rings (SSSR count). The van der Waals surface area contributed by atoms with Gasteiger partial charge < -0.3 is 9.47 Å². The molecule has 0 spiro atoms. The van der Waals surface area contributed by atoms with Crippen molar-refractivity contribution in [2.45, 2.75) is 24.3 Å². The molecule has 1 fully saturated rings. The normalized spacial score (nSPS) is 18.4. The Morgan fingerprint density at radius 1 is 0.949 bits per heavy atom. The predicted molar refractivity (Wildman–Crippen MR) is 146 cm³/mol. The highest BCUT2D eigenvalue weighted by atomic mass is 35.5. The van der Waals surface area contributed by atoms with Gasteiger partial charge in [-0.25, -0.2) is 8.42 Å². The summed E-state index contributed by atoms with van der Waals surface area (Å²) in [5, 5.41) is 1.88. The third-order valence-electron chi connectivity index (χ3n) is 7.30. The first-order valence-electron chi connectivity index (χ1n) is 12.3. The molecule has 8 nitrogen and oxygen atoms in total. The molecule has 0 bridgehead atoms. The minimum atomic E-state index is -4.14. The van der Waals surface area contributed by atoms with Gasteiger partial charge in [-0.1, -0.05) is 65.7 Å². The molecule has 1 unspecified atom stereocenters. The zero-order chi connectivity index (χ0) is 27.9. The molecule has 10 heteroatoms. The summed E-state index contributed by atoms with van der Waals surface area (Å²) in [5.74, 6) is -1.64. The van der Waals surface area contributed by atoms with E-state index < -0.39 is 33.4 Å². The molecule has 39 heavy (non-hydrogen) atoms. The monoisotopic (exact) mass is 566 g/mol. The highest BCUT2D eigenvalue weighted by Crippen LogP contribution is 2.55. The molecule has 0 aliphatic carbocycles. The maximum Gasteiger partial charge on any atom is 0.325 e. The van der Waals surface area contributed by atoms with E-state index in [9.17, 15) is 18.0 Å². The number of rotatable bonds is 5. The smallest absolute Gasteiger partial charge is 0.325 e. The van der Waals surface area contributed by atoms with E-state index >= 15 is 0 Å². The molecule has 2 aliphatic heterocycles. The number of fused-ring (bicyclic) bond motifs is 3. The Labute approximate surface area is 232 Å². The van der Waals surface area contributed by atoms with Crippen LogP contribution in [0.3, 0.4) is 0 Å². The van der Waals surface area contributed by atoms with Gasteiger partial charge in [-0.3, -0.25) is 14.6 Å². The van der Waals surface area contributed by atoms with E-state index in [1.54, 1.807) is 42.5 Å². The first kappa shape index (κ1) is 26.9. The Morgan fingerprint density at radius 2 is 1.59 bits per heavy atom. The number of sulfonamides is 1. The number of hydrogen-bond donors (Lipinski definition) is 0. The van der Waals surface area contributed by atoms with Crippen LogP contribution < -0.4 is 0 Å². The van der Waals surface area contributed by atoms with Crippen molar-refractivity contribution in [3.05, 3.63) is 100 Å². The van der Waals surface area contributed by atoms with Gasteiger partial charge in [0.1, 0.15) is 0 Å². The molecule has 3 aromatic rings. The molecule has 0 saturated carbocycles. The second kappa shape index (κ2) is 10.1. The molecular weight excluding hydrogens is 540 g/mol. The third-order valence-corrected chi connectivity index (χ3v) is 9.31. The first-order chi connectivity index (χ1) is 18.6. The standard InChI is InChI=1S/C29H27ClN2O6S/c1-19-9-13-23(14-10-19)39(35,36)31-16-15-29(27(33)37-2,28(34)38-3)26-24-18-22(30)12-11-21(24)17-25(32(26)31)20-7-5-4-6-8-20/h4-14,17-18,26H,15-16H2,1-3H3. The Hall–Kier alpha value is -3.66. The Morgan fingerprint density at radius 3 is 2.21 bits per heavy atom. The largest absolute Gasteiger partial charge is 0.468 e. The summed E-state index contributed by atoms with van der Waals surface area (Å²) in [7, 11) is -1.74. The number of aryl methyl sites for hydroxylation is 1.